The molecule has 0 fully saturated rings. The zero-order valence-electron chi connectivity index (χ0n) is 8.75. The van der Waals surface area contributed by atoms with E-state index in [2.05, 4.69) is 9.97 Å². The first-order chi connectivity index (χ1) is 7.47. The number of aromatic amines is 1. The van der Waals surface area contributed by atoms with Crippen LogP contribution in [0, 0.1) is 17.0 Å². The van der Waals surface area contributed by atoms with Gasteiger partial charge in [-0.15, -0.1) is 0 Å². The van der Waals surface area contributed by atoms with Crippen molar-refractivity contribution in [2.75, 3.05) is 6.54 Å². The molecule has 2 atom stereocenters. The number of hydrogen-bond acceptors (Lipinski definition) is 6. The molecule has 1 rings (SSSR count). The summed E-state index contributed by atoms with van der Waals surface area (Å²) < 4.78 is 0. The summed E-state index contributed by atoms with van der Waals surface area (Å²) in [4.78, 5) is 16.1. The Hall–Kier alpha value is -1.51. The predicted molar refractivity (Wildman–Crippen MR) is 54.6 cm³/mol. The number of imidazole rings is 1. The topological polar surface area (TPSA) is 138 Å². The van der Waals surface area contributed by atoms with Crippen LogP contribution in [-0.2, 0) is 0 Å². The van der Waals surface area contributed by atoms with Crippen LogP contribution in [0.25, 0.3) is 0 Å². The molecule has 2 unspecified atom stereocenters. The van der Waals surface area contributed by atoms with Gasteiger partial charge in [0.25, 0.3) is 0 Å². The lowest BCUT2D eigenvalue weighted by Gasteiger charge is -2.14. The highest BCUT2D eigenvalue weighted by molar-refractivity contribution is 5.30. The van der Waals surface area contributed by atoms with Crippen molar-refractivity contribution < 1.29 is 15.1 Å². The van der Waals surface area contributed by atoms with Gasteiger partial charge in [0, 0.05) is 6.92 Å². The number of aliphatic hydroxyl groups is 2. The molecule has 0 radical (unpaired) electrons. The van der Waals surface area contributed by atoms with E-state index >= 15 is 0 Å². The number of nitrogens with zero attached hydrogens (tertiary/aromatic N) is 2. The second-order valence-electron chi connectivity index (χ2n) is 3.40. The Morgan fingerprint density at radius 3 is 2.75 bits per heavy atom. The van der Waals surface area contributed by atoms with Crippen LogP contribution in [-0.4, -0.2) is 37.8 Å². The van der Waals surface area contributed by atoms with Crippen LogP contribution in [0.3, 0.4) is 0 Å². The molecule has 90 valence electrons. The monoisotopic (exact) mass is 230 g/mol. The smallest absolute Gasteiger partial charge is 0.346 e. The average Bonchev–Trinajstić information content (AvgIpc) is 2.59. The first-order valence-electron chi connectivity index (χ1n) is 4.74. The van der Waals surface area contributed by atoms with Crippen molar-refractivity contribution in [1.82, 2.24) is 9.97 Å². The van der Waals surface area contributed by atoms with E-state index in [1.54, 1.807) is 0 Å². The van der Waals surface area contributed by atoms with E-state index in [-0.39, 0.29) is 18.7 Å². The number of aryl methyl sites for hydroxylation is 1. The molecule has 0 aromatic carbocycles. The van der Waals surface area contributed by atoms with Crippen molar-refractivity contribution in [2.24, 2.45) is 5.73 Å². The summed E-state index contributed by atoms with van der Waals surface area (Å²) in [5.74, 6) is -0.0956. The number of nitro groups is 1. The van der Waals surface area contributed by atoms with Crippen molar-refractivity contribution in [3.05, 3.63) is 21.6 Å². The molecule has 0 aliphatic rings. The third-order valence-corrected chi connectivity index (χ3v) is 2.12. The minimum absolute atomic E-state index is 0.143. The lowest BCUT2D eigenvalue weighted by atomic mass is 10.1. The Labute approximate surface area is 91.3 Å². The molecule has 0 saturated heterocycles. The van der Waals surface area contributed by atoms with E-state index < -0.39 is 22.9 Å². The van der Waals surface area contributed by atoms with Crippen LogP contribution in [0.2, 0.25) is 0 Å². The van der Waals surface area contributed by atoms with Gasteiger partial charge in [0.05, 0.1) is 6.10 Å². The largest absolute Gasteiger partial charge is 0.390 e. The van der Waals surface area contributed by atoms with Gasteiger partial charge in [0.15, 0.2) is 11.5 Å². The van der Waals surface area contributed by atoms with Crippen LogP contribution in [0.15, 0.2) is 0 Å². The minimum Gasteiger partial charge on any atom is -0.390 e. The SMILES string of the molecule is Cc1nc(C(O)C(O)CCN)c([N+](=O)[O-])[nH]1. The van der Waals surface area contributed by atoms with Gasteiger partial charge in [0.1, 0.15) is 6.10 Å². The van der Waals surface area contributed by atoms with Crippen molar-refractivity contribution in [3.8, 4) is 0 Å². The lowest BCUT2D eigenvalue weighted by molar-refractivity contribution is -0.390. The summed E-state index contributed by atoms with van der Waals surface area (Å²) in [6.07, 6.45) is -2.43. The number of aromatic nitrogens is 2. The van der Waals surface area contributed by atoms with Gasteiger partial charge in [-0.05, 0) is 17.9 Å². The Balaban J connectivity index is 2.98. The highest BCUT2D eigenvalue weighted by Crippen LogP contribution is 2.25. The Morgan fingerprint density at radius 1 is 1.62 bits per heavy atom. The van der Waals surface area contributed by atoms with E-state index in [9.17, 15) is 20.3 Å². The number of aliphatic hydroxyl groups excluding tert-OH is 2. The van der Waals surface area contributed by atoms with Gasteiger partial charge in [-0.2, -0.15) is 0 Å². The van der Waals surface area contributed by atoms with Gasteiger partial charge in [-0.1, -0.05) is 0 Å². The predicted octanol–water partition coefficient (Wildman–Crippen LogP) is -0.631. The third kappa shape index (κ3) is 2.54. The molecule has 5 N–H and O–H groups in total. The highest BCUT2D eigenvalue weighted by atomic mass is 16.6. The van der Waals surface area contributed by atoms with E-state index in [0.717, 1.165) is 0 Å². The van der Waals surface area contributed by atoms with Crippen molar-refractivity contribution in [1.29, 1.82) is 0 Å². The molecule has 1 heterocycles. The lowest BCUT2D eigenvalue weighted by Crippen LogP contribution is -2.22. The Morgan fingerprint density at radius 2 is 2.25 bits per heavy atom. The van der Waals surface area contributed by atoms with E-state index in [1.807, 2.05) is 0 Å². The van der Waals surface area contributed by atoms with Crippen molar-refractivity contribution >= 4 is 5.82 Å². The maximum Gasteiger partial charge on any atom is 0.346 e. The standard InChI is InChI=1S/C8H14N4O4/c1-4-10-6(8(11-4)12(15)16)7(14)5(13)2-3-9/h5,7,13-14H,2-3,9H2,1H3,(H,10,11). The fraction of sp³-hybridized carbons (Fsp3) is 0.625. The highest BCUT2D eigenvalue weighted by Gasteiger charge is 2.29. The fourth-order valence-electron chi connectivity index (χ4n) is 1.35. The summed E-state index contributed by atoms with van der Waals surface area (Å²) in [5.41, 5.74) is 5.05. The van der Waals surface area contributed by atoms with Gasteiger partial charge >= 0.3 is 5.82 Å². The summed E-state index contributed by atoms with van der Waals surface area (Å²) in [6, 6.07) is 0. The van der Waals surface area contributed by atoms with Gasteiger partial charge < -0.3 is 26.1 Å². The quantitative estimate of drug-likeness (QED) is 0.392. The zero-order valence-corrected chi connectivity index (χ0v) is 8.75. The summed E-state index contributed by atoms with van der Waals surface area (Å²) in [7, 11) is 0. The molecular weight excluding hydrogens is 216 g/mol. The van der Waals surface area contributed by atoms with E-state index in [4.69, 9.17) is 5.73 Å². The molecule has 0 aliphatic heterocycles. The summed E-state index contributed by atoms with van der Waals surface area (Å²) in [6.45, 7) is 1.70. The van der Waals surface area contributed by atoms with E-state index in [1.165, 1.54) is 6.92 Å². The molecule has 0 amide bonds. The molecule has 8 nitrogen and oxygen atoms in total. The zero-order chi connectivity index (χ0) is 12.3. The molecule has 8 heteroatoms. The first kappa shape index (κ1) is 12.6. The van der Waals surface area contributed by atoms with Crippen LogP contribution in [0.5, 0.6) is 0 Å². The number of H-pyrrole nitrogens is 1. The van der Waals surface area contributed by atoms with Crippen LogP contribution >= 0.6 is 0 Å². The second kappa shape index (κ2) is 5.01. The molecule has 1 aromatic heterocycles. The van der Waals surface area contributed by atoms with Gasteiger partial charge in [0.2, 0.25) is 0 Å². The number of hydrogen-bond donors (Lipinski definition) is 4. The molecule has 1 aromatic rings. The number of nitrogens with two attached hydrogens (primary N) is 1. The van der Waals surface area contributed by atoms with Gasteiger partial charge in [-0.3, -0.25) is 0 Å². The fourth-order valence-corrected chi connectivity index (χ4v) is 1.35. The molecule has 0 saturated carbocycles. The molecular formula is C8H14N4O4. The molecule has 0 aliphatic carbocycles. The molecule has 0 spiro atoms. The maximum absolute atomic E-state index is 10.6. The number of nitrogens with one attached hydrogen (secondary N) is 1. The second-order valence-corrected chi connectivity index (χ2v) is 3.40. The van der Waals surface area contributed by atoms with Crippen LogP contribution in [0.4, 0.5) is 5.82 Å². The van der Waals surface area contributed by atoms with Crippen molar-refractivity contribution in [3.63, 3.8) is 0 Å². The van der Waals surface area contributed by atoms with E-state index in [0.29, 0.717) is 5.82 Å². The first-order valence-corrected chi connectivity index (χ1v) is 4.74. The van der Waals surface area contributed by atoms with Gasteiger partial charge in [-0.25, -0.2) is 9.97 Å². The summed E-state index contributed by atoms with van der Waals surface area (Å²) >= 11 is 0. The minimum atomic E-state index is -1.41. The average molecular weight is 230 g/mol. The maximum atomic E-state index is 10.6. The van der Waals surface area contributed by atoms with Crippen LogP contribution in [0.1, 0.15) is 24.0 Å². The molecule has 0 bridgehead atoms. The Kier molecular flexibility index (Phi) is 3.93. The normalized spacial score (nSPS) is 14.8. The number of rotatable bonds is 5. The van der Waals surface area contributed by atoms with Crippen LogP contribution < -0.4 is 5.73 Å². The molecule has 16 heavy (non-hydrogen) atoms. The third-order valence-electron chi connectivity index (χ3n) is 2.12. The summed E-state index contributed by atoms with van der Waals surface area (Å²) in [5, 5.41) is 29.8. The Bertz CT molecular complexity index is 378. The van der Waals surface area contributed by atoms with Crippen molar-refractivity contribution in [2.45, 2.75) is 25.6 Å².